The van der Waals surface area contributed by atoms with Gasteiger partial charge in [-0.25, -0.2) is 8.42 Å². The lowest BCUT2D eigenvalue weighted by Gasteiger charge is -2.14. The van der Waals surface area contributed by atoms with Crippen molar-refractivity contribution in [3.05, 3.63) is 35.4 Å². The molecule has 0 heterocycles. The van der Waals surface area contributed by atoms with Crippen molar-refractivity contribution in [2.75, 3.05) is 6.26 Å². The predicted molar refractivity (Wildman–Crippen MR) is 68.4 cm³/mol. The van der Waals surface area contributed by atoms with Crippen LogP contribution in [0.1, 0.15) is 24.5 Å². The molecule has 1 rings (SSSR count). The number of hydrogen-bond donors (Lipinski definition) is 1. The number of aryl methyl sites for hydroxylation is 1. The van der Waals surface area contributed by atoms with Crippen molar-refractivity contribution >= 4 is 15.5 Å². The van der Waals surface area contributed by atoms with Gasteiger partial charge in [-0.2, -0.15) is 0 Å². The van der Waals surface area contributed by atoms with Crippen LogP contribution in [0.3, 0.4) is 0 Å². The third-order valence-electron chi connectivity index (χ3n) is 2.65. The molecule has 0 saturated heterocycles. The molecule has 0 aliphatic heterocycles. The highest BCUT2D eigenvalue weighted by Gasteiger charge is 2.26. The summed E-state index contributed by atoms with van der Waals surface area (Å²) in [4.78, 5) is 0. The van der Waals surface area contributed by atoms with E-state index in [-0.39, 0.29) is 5.71 Å². The van der Waals surface area contributed by atoms with E-state index in [0.29, 0.717) is 12.0 Å². The van der Waals surface area contributed by atoms with E-state index in [2.05, 4.69) is 5.16 Å². The van der Waals surface area contributed by atoms with E-state index >= 15 is 0 Å². The summed E-state index contributed by atoms with van der Waals surface area (Å²) in [5, 5.41) is 11.4. The Morgan fingerprint density at radius 1 is 1.35 bits per heavy atom. The monoisotopic (exact) mass is 255 g/mol. The molecule has 0 aliphatic rings. The Morgan fingerprint density at radius 3 is 2.24 bits per heavy atom. The first-order valence-electron chi connectivity index (χ1n) is 5.38. The van der Waals surface area contributed by atoms with Gasteiger partial charge in [0.25, 0.3) is 0 Å². The topological polar surface area (TPSA) is 66.7 Å². The zero-order valence-electron chi connectivity index (χ0n) is 10.2. The Morgan fingerprint density at radius 2 is 1.88 bits per heavy atom. The van der Waals surface area contributed by atoms with Crippen LogP contribution in [0.2, 0.25) is 0 Å². The van der Waals surface area contributed by atoms with Crippen LogP contribution in [0.5, 0.6) is 0 Å². The highest BCUT2D eigenvalue weighted by Crippen LogP contribution is 2.14. The lowest BCUT2D eigenvalue weighted by Crippen LogP contribution is -2.29. The van der Waals surface area contributed by atoms with Crippen molar-refractivity contribution < 1.29 is 13.6 Å². The van der Waals surface area contributed by atoms with E-state index in [1.54, 1.807) is 19.1 Å². The minimum atomic E-state index is -3.28. The quantitative estimate of drug-likeness (QED) is 0.508. The summed E-state index contributed by atoms with van der Waals surface area (Å²) in [6, 6.07) is 7.24. The second kappa shape index (κ2) is 5.31. The third kappa shape index (κ3) is 3.30. The van der Waals surface area contributed by atoms with Crippen LogP contribution in [0.15, 0.2) is 29.4 Å². The van der Waals surface area contributed by atoms with Crippen LogP contribution < -0.4 is 0 Å². The van der Waals surface area contributed by atoms with Gasteiger partial charge < -0.3 is 5.21 Å². The molecule has 1 N–H and O–H groups in total. The molecule has 0 spiro atoms. The van der Waals surface area contributed by atoms with Crippen LogP contribution in [-0.4, -0.2) is 30.8 Å². The molecule has 0 bridgehead atoms. The van der Waals surface area contributed by atoms with Gasteiger partial charge in [-0.05, 0) is 13.3 Å². The molecule has 0 radical (unpaired) electrons. The zero-order valence-corrected chi connectivity index (χ0v) is 11.0. The third-order valence-corrected chi connectivity index (χ3v) is 4.24. The van der Waals surface area contributed by atoms with Crippen molar-refractivity contribution in [2.24, 2.45) is 5.16 Å². The Kier molecular flexibility index (Phi) is 4.28. The van der Waals surface area contributed by atoms with E-state index in [0.717, 1.165) is 11.8 Å². The maximum absolute atomic E-state index is 11.6. The lowest BCUT2D eigenvalue weighted by molar-refractivity contribution is 0.318. The van der Waals surface area contributed by atoms with Gasteiger partial charge in [0.15, 0.2) is 9.84 Å². The molecule has 4 nitrogen and oxygen atoms in total. The Labute approximate surface area is 102 Å². The van der Waals surface area contributed by atoms with Crippen molar-refractivity contribution in [3.8, 4) is 0 Å². The van der Waals surface area contributed by atoms with Gasteiger partial charge in [0, 0.05) is 11.8 Å². The highest BCUT2D eigenvalue weighted by atomic mass is 32.2. The van der Waals surface area contributed by atoms with Gasteiger partial charge in [0.1, 0.15) is 11.0 Å². The van der Waals surface area contributed by atoms with Gasteiger partial charge >= 0.3 is 0 Å². The summed E-state index contributed by atoms with van der Waals surface area (Å²) in [5.41, 5.74) is 1.91. The molecule has 0 amide bonds. The summed E-state index contributed by atoms with van der Waals surface area (Å²) in [5.74, 6) is 0. The van der Waals surface area contributed by atoms with Crippen LogP contribution >= 0.6 is 0 Å². The average Bonchev–Trinajstić information content (AvgIpc) is 2.25. The number of nitrogens with zero attached hydrogens (tertiary/aromatic N) is 1. The van der Waals surface area contributed by atoms with Crippen LogP contribution in [0, 0.1) is 6.92 Å². The molecule has 1 aromatic rings. The summed E-state index contributed by atoms with van der Waals surface area (Å²) in [6.07, 6.45) is 1.53. The molecule has 17 heavy (non-hydrogen) atoms. The van der Waals surface area contributed by atoms with E-state index in [1.165, 1.54) is 0 Å². The molecule has 1 atom stereocenters. The van der Waals surface area contributed by atoms with E-state index in [9.17, 15) is 8.42 Å². The van der Waals surface area contributed by atoms with E-state index in [4.69, 9.17) is 5.21 Å². The number of oxime groups is 1. The fraction of sp³-hybridized carbons (Fsp3) is 0.417. The zero-order chi connectivity index (χ0) is 13.1. The number of rotatable bonds is 4. The Hall–Kier alpha value is -1.36. The second-order valence-corrected chi connectivity index (χ2v) is 6.31. The number of sulfone groups is 1. The standard InChI is InChI=1S/C12H17NO3S/c1-4-11(17(3,15)16)12(13-14)10-7-5-9(2)6-8-10/h5-8,11,14H,4H2,1-3H3/b13-12+. The summed E-state index contributed by atoms with van der Waals surface area (Å²) >= 11 is 0. The van der Waals surface area contributed by atoms with Gasteiger partial charge in [0.05, 0.1) is 0 Å². The van der Waals surface area contributed by atoms with Gasteiger partial charge in [-0.3, -0.25) is 0 Å². The van der Waals surface area contributed by atoms with Crippen LogP contribution in [-0.2, 0) is 9.84 Å². The summed E-state index contributed by atoms with van der Waals surface area (Å²) in [6.45, 7) is 3.69. The molecular weight excluding hydrogens is 238 g/mol. The SMILES string of the molecule is CCC(/C(=N/O)c1ccc(C)cc1)S(C)(=O)=O. The fourth-order valence-corrected chi connectivity index (χ4v) is 2.93. The van der Waals surface area contributed by atoms with E-state index < -0.39 is 15.1 Å². The number of hydrogen-bond acceptors (Lipinski definition) is 4. The normalized spacial score (nSPS) is 14.6. The maximum Gasteiger partial charge on any atom is 0.156 e. The first kappa shape index (κ1) is 13.7. The molecule has 94 valence electrons. The fourth-order valence-electron chi connectivity index (χ4n) is 1.73. The van der Waals surface area contributed by atoms with Crippen LogP contribution in [0.25, 0.3) is 0 Å². The van der Waals surface area contributed by atoms with Crippen molar-refractivity contribution in [2.45, 2.75) is 25.5 Å². The number of benzene rings is 1. The largest absolute Gasteiger partial charge is 0.411 e. The Bertz CT molecular complexity index is 503. The molecule has 0 saturated carbocycles. The lowest BCUT2D eigenvalue weighted by atomic mass is 10.0. The van der Waals surface area contributed by atoms with Gasteiger partial charge in [-0.1, -0.05) is 41.9 Å². The van der Waals surface area contributed by atoms with Crippen molar-refractivity contribution in [3.63, 3.8) is 0 Å². The Balaban J connectivity index is 3.20. The van der Waals surface area contributed by atoms with E-state index in [1.807, 2.05) is 19.1 Å². The summed E-state index contributed by atoms with van der Waals surface area (Å²) < 4.78 is 23.2. The highest BCUT2D eigenvalue weighted by molar-refractivity contribution is 7.92. The van der Waals surface area contributed by atoms with Crippen LogP contribution in [0.4, 0.5) is 0 Å². The molecule has 5 heteroatoms. The molecule has 1 aromatic carbocycles. The molecule has 1 unspecified atom stereocenters. The molecule has 0 fully saturated rings. The minimum absolute atomic E-state index is 0.204. The van der Waals surface area contributed by atoms with Gasteiger partial charge in [0.2, 0.25) is 0 Å². The van der Waals surface area contributed by atoms with Crippen molar-refractivity contribution in [1.29, 1.82) is 0 Å². The molecular formula is C12H17NO3S. The first-order chi connectivity index (χ1) is 7.90. The molecule has 0 aromatic heterocycles. The minimum Gasteiger partial charge on any atom is -0.411 e. The second-order valence-electron chi connectivity index (χ2n) is 4.08. The van der Waals surface area contributed by atoms with Crippen molar-refractivity contribution in [1.82, 2.24) is 0 Å². The first-order valence-corrected chi connectivity index (χ1v) is 7.33. The smallest absolute Gasteiger partial charge is 0.156 e. The maximum atomic E-state index is 11.6. The van der Waals surface area contributed by atoms with Gasteiger partial charge in [-0.15, -0.1) is 0 Å². The average molecular weight is 255 g/mol. The summed E-state index contributed by atoms with van der Waals surface area (Å²) in [7, 11) is -3.28. The predicted octanol–water partition coefficient (Wildman–Crippen LogP) is 2.00. The molecule has 0 aliphatic carbocycles.